The summed E-state index contributed by atoms with van der Waals surface area (Å²) in [5.41, 5.74) is 1.67. The summed E-state index contributed by atoms with van der Waals surface area (Å²) in [5, 5.41) is -0.0773. The molecule has 17 heavy (non-hydrogen) atoms. The van der Waals surface area contributed by atoms with Crippen molar-refractivity contribution >= 4 is 46.1 Å². The molecule has 0 N–H and O–H groups in total. The van der Waals surface area contributed by atoms with Gasteiger partial charge in [-0.1, -0.05) is 29.3 Å². The normalized spacial score (nSPS) is 12.8. The molecule has 0 radical (unpaired) electrons. The van der Waals surface area contributed by atoms with Gasteiger partial charge in [-0.15, -0.1) is 22.9 Å². The van der Waals surface area contributed by atoms with Crippen LogP contribution in [0, 0.1) is 12.7 Å². The average molecular weight is 310 g/mol. The number of thiophene rings is 1. The lowest BCUT2D eigenvalue weighted by Crippen LogP contribution is -1.92. The van der Waals surface area contributed by atoms with Gasteiger partial charge in [0.1, 0.15) is 5.82 Å². The second-order valence-electron chi connectivity index (χ2n) is 3.63. The zero-order chi connectivity index (χ0) is 12.6. The molecule has 5 heteroatoms. The zero-order valence-electron chi connectivity index (χ0n) is 8.81. The third kappa shape index (κ3) is 2.76. The molecule has 0 aliphatic heterocycles. The summed E-state index contributed by atoms with van der Waals surface area (Å²) in [7, 11) is 0. The second-order valence-corrected chi connectivity index (χ2v) is 6.16. The number of hydrogen-bond acceptors (Lipinski definition) is 1. The number of alkyl halides is 1. The fourth-order valence-electron chi connectivity index (χ4n) is 1.47. The maximum atomic E-state index is 12.9. The van der Waals surface area contributed by atoms with Gasteiger partial charge < -0.3 is 0 Å². The van der Waals surface area contributed by atoms with E-state index in [1.807, 2.05) is 13.0 Å². The van der Waals surface area contributed by atoms with Gasteiger partial charge in [-0.25, -0.2) is 4.39 Å². The molecule has 1 unspecified atom stereocenters. The van der Waals surface area contributed by atoms with Crippen LogP contribution in [0.1, 0.15) is 21.4 Å². The van der Waals surface area contributed by atoms with E-state index in [-0.39, 0.29) is 5.82 Å². The summed E-state index contributed by atoms with van der Waals surface area (Å²) in [5.74, 6) is -0.372. The average Bonchev–Trinajstić information content (AvgIpc) is 2.58. The van der Waals surface area contributed by atoms with E-state index in [1.54, 1.807) is 6.07 Å². The molecule has 1 aromatic carbocycles. The highest BCUT2D eigenvalue weighted by molar-refractivity contribution is 7.16. The topological polar surface area (TPSA) is 0 Å². The third-order valence-corrected chi connectivity index (χ3v) is 4.91. The summed E-state index contributed by atoms with van der Waals surface area (Å²) in [6, 6.07) is 6.12. The molecule has 2 rings (SSSR count). The van der Waals surface area contributed by atoms with Gasteiger partial charge >= 0.3 is 0 Å². The molecule has 0 fully saturated rings. The Bertz CT molecular complexity index is 531. The van der Waals surface area contributed by atoms with Crippen LogP contribution in [0.2, 0.25) is 9.36 Å². The fraction of sp³-hybridized carbons (Fsp3) is 0.167. The van der Waals surface area contributed by atoms with Crippen molar-refractivity contribution in [3.05, 3.63) is 55.4 Å². The van der Waals surface area contributed by atoms with E-state index < -0.39 is 5.38 Å². The van der Waals surface area contributed by atoms with Crippen LogP contribution >= 0.6 is 46.1 Å². The highest BCUT2D eigenvalue weighted by atomic mass is 35.5. The van der Waals surface area contributed by atoms with Crippen LogP contribution in [0.25, 0.3) is 0 Å². The Morgan fingerprint density at radius 3 is 2.47 bits per heavy atom. The van der Waals surface area contributed by atoms with E-state index in [0.717, 1.165) is 10.4 Å². The van der Waals surface area contributed by atoms with Gasteiger partial charge in [0.25, 0.3) is 0 Å². The van der Waals surface area contributed by atoms with Crippen molar-refractivity contribution in [1.29, 1.82) is 0 Å². The van der Waals surface area contributed by atoms with Crippen LogP contribution in [-0.2, 0) is 0 Å². The molecule has 0 bridgehead atoms. The molecular weight excluding hydrogens is 302 g/mol. The Morgan fingerprint density at radius 1 is 1.24 bits per heavy atom. The highest BCUT2D eigenvalue weighted by Crippen LogP contribution is 2.40. The number of benzene rings is 1. The maximum Gasteiger partial charge on any atom is 0.124 e. The van der Waals surface area contributed by atoms with Crippen molar-refractivity contribution in [2.75, 3.05) is 0 Å². The Balaban J connectivity index is 2.39. The van der Waals surface area contributed by atoms with Crippen molar-refractivity contribution < 1.29 is 4.39 Å². The van der Waals surface area contributed by atoms with Gasteiger partial charge in [0.15, 0.2) is 0 Å². The molecule has 0 aliphatic rings. The van der Waals surface area contributed by atoms with Gasteiger partial charge in [0, 0.05) is 9.90 Å². The molecule has 0 amide bonds. The Labute approximate surface area is 118 Å². The maximum absolute atomic E-state index is 12.9. The van der Waals surface area contributed by atoms with Crippen molar-refractivity contribution in [2.24, 2.45) is 0 Å². The zero-order valence-corrected chi connectivity index (χ0v) is 11.9. The minimum atomic E-state index is -0.403. The van der Waals surface area contributed by atoms with Gasteiger partial charge in [0.05, 0.1) is 9.71 Å². The molecule has 0 saturated heterocycles. The van der Waals surface area contributed by atoms with Gasteiger partial charge in [-0.05, 0) is 36.2 Å². The van der Waals surface area contributed by atoms with Crippen LogP contribution in [0.4, 0.5) is 4.39 Å². The van der Waals surface area contributed by atoms with Crippen LogP contribution in [0.3, 0.4) is 0 Å². The summed E-state index contributed by atoms with van der Waals surface area (Å²) >= 11 is 19.7. The number of halogens is 4. The van der Waals surface area contributed by atoms with Crippen LogP contribution in [-0.4, -0.2) is 0 Å². The molecule has 1 atom stereocenters. The summed E-state index contributed by atoms with van der Waals surface area (Å²) in [6.07, 6.45) is 0. The molecule has 90 valence electrons. The molecule has 2 aromatic rings. The Morgan fingerprint density at radius 2 is 1.94 bits per heavy atom. The SMILES string of the molecule is Cc1cc(C(Cl)c2ccc(F)cc2Cl)sc1Cl. The van der Waals surface area contributed by atoms with Crippen LogP contribution < -0.4 is 0 Å². The first-order valence-electron chi connectivity index (χ1n) is 4.84. The second kappa shape index (κ2) is 5.15. The first-order valence-corrected chi connectivity index (χ1v) is 6.85. The Kier molecular flexibility index (Phi) is 3.99. The molecule has 1 aromatic heterocycles. The monoisotopic (exact) mass is 308 g/mol. The van der Waals surface area contributed by atoms with E-state index in [2.05, 4.69) is 0 Å². The van der Waals surface area contributed by atoms with E-state index in [9.17, 15) is 4.39 Å². The lowest BCUT2D eigenvalue weighted by atomic mass is 10.1. The van der Waals surface area contributed by atoms with Crippen molar-refractivity contribution in [2.45, 2.75) is 12.3 Å². The summed E-state index contributed by atoms with van der Waals surface area (Å²) in [4.78, 5) is 0.905. The predicted octanol–water partition coefficient (Wildman–Crippen LogP) is 5.83. The quantitative estimate of drug-likeness (QED) is 0.612. The smallest absolute Gasteiger partial charge is 0.124 e. The number of rotatable bonds is 2. The lowest BCUT2D eigenvalue weighted by Gasteiger charge is -2.09. The van der Waals surface area contributed by atoms with Crippen LogP contribution in [0.5, 0.6) is 0 Å². The number of hydrogen-bond donors (Lipinski definition) is 0. The highest BCUT2D eigenvalue weighted by Gasteiger charge is 2.17. The van der Waals surface area contributed by atoms with Crippen molar-refractivity contribution in [3.8, 4) is 0 Å². The van der Waals surface area contributed by atoms with Gasteiger partial charge in [0.2, 0.25) is 0 Å². The molecule has 0 spiro atoms. The van der Waals surface area contributed by atoms with E-state index in [4.69, 9.17) is 34.8 Å². The van der Waals surface area contributed by atoms with Crippen molar-refractivity contribution in [3.63, 3.8) is 0 Å². The van der Waals surface area contributed by atoms with E-state index in [0.29, 0.717) is 14.9 Å². The summed E-state index contributed by atoms with van der Waals surface area (Å²) < 4.78 is 13.6. The molecule has 0 nitrogen and oxygen atoms in total. The standard InChI is InChI=1S/C12H8Cl3FS/c1-6-4-10(17-12(6)15)11(14)8-3-2-7(16)5-9(8)13/h2-5,11H,1H3. The molecular formula is C12H8Cl3FS. The predicted molar refractivity (Wildman–Crippen MR) is 73.2 cm³/mol. The largest absolute Gasteiger partial charge is 0.207 e. The van der Waals surface area contributed by atoms with E-state index >= 15 is 0 Å². The Hall–Kier alpha value is -0.280. The minimum Gasteiger partial charge on any atom is -0.207 e. The molecule has 0 aliphatic carbocycles. The number of aryl methyl sites for hydroxylation is 1. The van der Waals surface area contributed by atoms with Gasteiger partial charge in [-0.2, -0.15) is 0 Å². The third-order valence-electron chi connectivity index (χ3n) is 2.36. The first-order chi connectivity index (χ1) is 7.99. The molecule has 0 saturated carbocycles. The fourth-order valence-corrected chi connectivity index (χ4v) is 3.40. The summed E-state index contributed by atoms with van der Waals surface area (Å²) in [6.45, 7) is 1.91. The van der Waals surface area contributed by atoms with Crippen molar-refractivity contribution in [1.82, 2.24) is 0 Å². The molecule has 1 heterocycles. The van der Waals surface area contributed by atoms with Crippen LogP contribution in [0.15, 0.2) is 24.3 Å². The first kappa shape index (κ1) is 13.2. The minimum absolute atomic E-state index is 0.326. The van der Waals surface area contributed by atoms with Gasteiger partial charge in [-0.3, -0.25) is 0 Å². The lowest BCUT2D eigenvalue weighted by molar-refractivity contribution is 0.627. The van der Waals surface area contributed by atoms with E-state index in [1.165, 1.54) is 23.5 Å².